The highest BCUT2D eigenvalue weighted by molar-refractivity contribution is 6.03. The number of rotatable bonds is 6. The lowest BCUT2D eigenvalue weighted by Crippen LogP contribution is -2.49. The maximum absolute atomic E-state index is 14.4. The highest BCUT2D eigenvalue weighted by Crippen LogP contribution is 2.39. The minimum atomic E-state index is -1.04. The summed E-state index contributed by atoms with van der Waals surface area (Å²) in [6, 6.07) is 17.4. The number of benzene rings is 2. The van der Waals surface area contributed by atoms with Gasteiger partial charge >= 0.3 is 0 Å². The van der Waals surface area contributed by atoms with E-state index in [1.807, 2.05) is 48.5 Å². The largest absolute Gasteiger partial charge is 0.390 e. The Morgan fingerprint density at radius 3 is 2.56 bits per heavy atom. The van der Waals surface area contributed by atoms with Crippen molar-refractivity contribution >= 4 is 17.5 Å². The Hall–Kier alpha value is -3.59. The third kappa shape index (κ3) is 5.39. The van der Waals surface area contributed by atoms with Gasteiger partial charge in [-0.1, -0.05) is 63.2 Å². The SMILES string of the molecule is CC(C)(C)c1ccc(N(C(=O)C2CC3CCOC3O2)C(C(=O)N[C@@H]2c3ccccc3C[C@@H]2O)c2cccnc2)cc1. The zero-order valence-corrected chi connectivity index (χ0v) is 23.7. The zero-order chi connectivity index (χ0) is 28.7. The van der Waals surface area contributed by atoms with Crippen molar-refractivity contribution in [3.8, 4) is 0 Å². The summed E-state index contributed by atoms with van der Waals surface area (Å²) in [5.41, 5.74) is 4.06. The first-order valence-electron chi connectivity index (χ1n) is 14.4. The van der Waals surface area contributed by atoms with E-state index >= 15 is 0 Å². The third-order valence-corrected chi connectivity index (χ3v) is 8.50. The Morgan fingerprint density at radius 2 is 1.85 bits per heavy atom. The molecular formula is C33H37N3O5. The molecule has 6 rings (SSSR count). The molecule has 2 aliphatic heterocycles. The molecule has 6 atom stereocenters. The minimum Gasteiger partial charge on any atom is -0.390 e. The van der Waals surface area contributed by atoms with E-state index < -0.39 is 36.5 Å². The van der Waals surface area contributed by atoms with Gasteiger partial charge in [-0.3, -0.25) is 19.5 Å². The van der Waals surface area contributed by atoms with E-state index in [0.29, 0.717) is 30.7 Å². The van der Waals surface area contributed by atoms with E-state index in [-0.39, 0.29) is 17.2 Å². The van der Waals surface area contributed by atoms with Gasteiger partial charge in [0.05, 0.1) is 18.8 Å². The number of carbonyl (C=O) groups excluding carboxylic acids is 2. The fraction of sp³-hybridized carbons (Fsp3) is 0.424. The van der Waals surface area contributed by atoms with Crippen molar-refractivity contribution in [3.63, 3.8) is 0 Å². The summed E-state index contributed by atoms with van der Waals surface area (Å²) < 4.78 is 11.8. The highest BCUT2D eigenvalue weighted by Gasteiger charge is 2.46. The quantitative estimate of drug-likeness (QED) is 0.468. The summed E-state index contributed by atoms with van der Waals surface area (Å²) in [7, 11) is 0. The second-order valence-corrected chi connectivity index (χ2v) is 12.3. The number of ether oxygens (including phenoxy) is 2. The summed E-state index contributed by atoms with van der Waals surface area (Å²) >= 11 is 0. The molecule has 0 bridgehead atoms. The molecule has 2 saturated heterocycles. The molecule has 2 amide bonds. The van der Waals surface area contributed by atoms with Gasteiger partial charge in [-0.25, -0.2) is 0 Å². The fourth-order valence-corrected chi connectivity index (χ4v) is 6.25. The number of hydrogen-bond acceptors (Lipinski definition) is 6. The lowest BCUT2D eigenvalue weighted by atomic mass is 9.87. The molecule has 41 heavy (non-hydrogen) atoms. The van der Waals surface area contributed by atoms with E-state index in [0.717, 1.165) is 23.1 Å². The first kappa shape index (κ1) is 27.6. The summed E-state index contributed by atoms with van der Waals surface area (Å²) in [6.45, 7) is 7.02. The molecule has 2 N–H and O–H groups in total. The number of amides is 2. The van der Waals surface area contributed by atoms with Crippen molar-refractivity contribution in [1.82, 2.24) is 10.3 Å². The van der Waals surface area contributed by atoms with E-state index in [1.54, 1.807) is 24.5 Å². The van der Waals surface area contributed by atoms with Gasteiger partial charge in [-0.05, 0) is 53.1 Å². The molecule has 3 aromatic rings. The molecule has 8 nitrogen and oxygen atoms in total. The van der Waals surface area contributed by atoms with Crippen molar-refractivity contribution in [3.05, 3.63) is 95.3 Å². The van der Waals surface area contributed by atoms with Crippen LogP contribution in [0.25, 0.3) is 0 Å². The minimum absolute atomic E-state index is 0.0805. The molecule has 214 valence electrons. The second-order valence-electron chi connectivity index (χ2n) is 12.3. The van der Waals surface area contributed by atoms with Crippen LogP contribution in [0.3, 0.4) is 0 Å². The van der Waals surface area contributed by atoms with Crippen LogP contribution in [0.2, 0.25) is 0 Å². The Kier molecular flexibility index (Phi) is 7.40. The fourth-order valence-electron chi connectivity index (χ4n) is 6.25. The number of nitrogens with zero attached hydrogens (tertiary/aromatic N) is 2. The molecule has 0 radical (unpaired) electrons. The molecular weight excluding hydrogens is 518 g/mol. The predicted octanol–water partition coefficient (Wildman–Crippen LogP) is 4.38. The van der Waals surface area contributed by atoms with Crippen molar-refractivity contribution in [2.75, 3.05) is 11.5 Å². The number of aliphatic hydroxyl groups excluding tert-OH is 1. The van der Waals surface area contributed by atoms with Gasteiger partial charge in [0.1, 0.15) is 12.1 Å². The smallest absolute Gasteiger partial charge is 0.257 e. The third-order valence-electron chi connectivity index (χ3n) is 8.50. The number of nitrogens with one attached hydrogen (secondary N) is 1. The van der Waals surface area contributed by atoms with Crippen LogP contribution in [0.15, 0.2) is 73.1 Å². The van der Waals surface area contributed by atoms with E-state index in [4.69, 9.17) is 9.47 Å². The van der Waals surface area contributed by atoms with Crippen molar-refractivity contribution in [2.24, 2.45) is 5.92 Å². The Balaban J connectivity index is 1.40. The summed E-state index contributed by atoms with van der Waals surface area (Å²) in [5, 5.41) is 14.0. The molecule has 1 aliphatic carbocycles. The van der Waals surface area contributed by atoms with Gasteiger partial charge in [0.2, 0.25) is 5.91 Å². The molecule has 0 spiro atoms. The average Bonchev–Trinajstić information content (AvgIpc) is 3.65. The van der Waals surface area contributed by atoms with Gasteiger partial charge in [-0.15, -0.1) is 0 Å². The number of pyridine rings is 1. The van der Waals surface area contributed by atoms with Crippen LogP contribution >= 0.6 is 0 Å². The van der Waals surface area contributed by atoms with Crippen LogP contribution < -0.4 is 10.2 Å². The van der Waals surface area contributed by atoms with E-state index in [9.17, 15) is 14.7 Å². The number of carbonyl (C=O) groups is 2. The number of fused-ring (bicyclic) bond motifs is 2. The van der Waals surface area contributed by atoms with E-state index in [2.05, 4.69) is 31.1 Å². The first-order chi connectivity index (χ1) is 19.7. The predicted molar refractivity (Wildman–Crippen MR) is 154 cm³/mol. The standard InChI is InChI=1S/C33H37N3O5/c1-33(2,3)23-10-12-24(13-11-23)36(31(39)27-18-21-14-16-40-32(21)41-27)29(22-8-6-15-34-19-22)30(38)35-28-25-9-5-4-7-20(25)17-26(28)37/h4-13,15,19,21,26-29,32,37H,14,16-18H2,1-3H3,(H,35,38)/t21?,26-,27?,28+,29?,32?/m0/s1. The van der Waals surface area contributed by atoms with Crippen LogP contribution in [-0.2, 0) is 30.9 Å². The number of anilines is 1. The summed E-state index contributed by atoms with van der Waals surface area (Å²) in [4.78, 5) is 34.5. The average molecular weight is 556 g/mol. The topological polar surface area (TPSA) is 101 Å². The summed E-state index contributed by atoms with van der Waals surface area (Å²) in [6.07, 6.45) is 3.18. The maximum atomic E-state index is 14.4. The molecule has 3 aliphatic rings. The van der Waals surface area contributed by atoms with Crippen LogP contribution in [-0.4, -0.2) is 47.0 Å². The molecule has 2 fully saturated rings. The van der Waals surface area contributed by atoms with Crippen LogP contribution in [0, 0.1) is 5.92 Å². The molecule has 8 heteroatoms. The molecule has 4 unspecified atom stereocenters. The summed E-state index contributed by atoms with van der Waals surface area (Å²) in [5.74, 6) is -0.547. The van der Waals surface area contributed by atoms with Crippen LogP contribution in [0.4, 0.5) is 5.69 Å². The Morgan fingerprint density at radius 1 is 1.07 bits per heavy atom. The lowest BCUT2D eigenvalue weighted by Gasteiger charge is -2.34. The number of aromatic nitrogens is 1. The van der Waals surface area contributed by atoms with Gasteiger partial charge in [0.25, 0.3) is 5.91 Å². The van der Waals surface area contributed by atoms with Gasteiger partial charge in [0.15, 0.2) is 6.29 Å². The number of hydrogen-bond donors (Lipinski definition) is 2. The number of aliphatic hydroxyl groups is 1. The van der Waals surface area contributed by atoms with Crippen LogP contribution in [0.1, 0.15) is 68.0 Å². The monoisotopic (exact) mass is 555 g/mol. The highest BCUT2D eigenvalue weighted by atomic mass is 16.7. The van der Waals surface area contributed by atoms with E-state index in [1.165, 1.54) is 4.90 Å². The van der Waals surface area contributed by atoms with Crippen LogP contribution in [0.5, 0.6) is 0 Å². The first-order valence-corrected chi connectivity index (χ1v) is 14.4. The van der Waals surface area contributed by atoms with Crippen molar-refractivity contribution < 1.29 is 24.2 Å². The van der Waals surface area contributed by atoms with Gasteiger partial charge < -0.3 is 19.9 Å². The Bertz CT molecular complexity index is 1390. The van der Waals surface area contributed by atoms with Crippen molar-refractivity contribution in [1.29, 1.82) is 0 Å². The van der Waals surface area contributed by atoms with Gasteiger partial charge in [0, 0.05) is 36.0 Å². The second kappa shape index (κ2) is 11.0. The molecule has 2 aromatic carbocycles. The van der Waals surface area contributed by atoms with Crippen molar-refractivity contribution in [2.45, 2.75) is 76.0 Å². The molecule has 0 saturated carbocycles. The van der Waals surface area contributed by atoms with Gasteiger partial charge in [-0.2, -0.15) is 0 Å². The zero-order valence-electron chi connectivity index (χ0n) is 23.7. The normalized spacial score (nSPS) is 25.8. The Labute approximate surface area is 240 Å². The molecule has 1 aromatic heterocycles. The lowest BCUT2D eigenvalue weighted by molar-refractivity contribution is -0.148. The maximum Gasteiger partial charge on any atom is 0.257 e. The molecule has 3 heterocycles.